The van der Waals surface area contributed by atoms with Crippen LogP contribution in [0.15, 0.2) is 97.3 Å². The number of anilines is 2. The lowest BCUT2D eigenvalue weighted by Crippen LogP contribution is -2.37. The molecule has 1 amide bonds. The molecule has 0 saturated heterocycles. The van der Waals surface area contributed by atoms with Gasteiger partial charge in [-0.05, 0) is 93.1 Å². The third-order valence-corrected chi connectivity index (χ3v) is 8.37. The van der Waals surface area contributed by atoms with Crippen molar-refractivity contribution in [3.05, 3.63) is 97.3 Å². The highest BCUT2D eigenvalue weighted by Gasteiger charge is 2.39. The summed E-state index contributed by atoms with van der Waals surface area (Å²) < 4.78 is 5.91. The van der Waals surface area contributed by atoms with Crippen molar-refractivity contribution < 1.29 is 29.3 Å². The number of amides is 1. The molecule has 2 atom stereocenters. The third kappa shape index (κ3) is 10.8. The number of allylic oxidation sites excluding steroid dienone is 4. The number of rotatable bonds is 11. The zero-order chi connectivity index (χ0) is 33.8. The monoisotopic (exact) mass is 616 g/mol. The van der Waals surface area contributed by atoms with Crippen molar-refractivity contribution in [2.45, 2.75) is 67.2 Å². The summed E-state index contributed by atoms with van der Waals surface area (Å²) in [4.78, 5) is 34.8. The lowest BCUT2D eigenvalue weighted by Gasteiger charge is -2.34. The maximum atomic E-state index is 12.6. The highest BCUT2D eigenvalue weighted by molar-refractivity contribution is 5.95. The standard InChI is InChI=1S/C29H32N2O4.C8H16O2/c1-4-6-9-21(5-2)20(3)30-22-12-16-24(17-13-22)35-25-18-14-23(15-19-25)31-28(32)26-10-7-8-11-27(26)29(33)34;1-7(2,3)8(4,5)6(9)10/h4-6,9,12-19,26-27,30H,2-3,7-8,10-11H2,1H3,(H,31,32)(H,33,34);1-5H3,(H,9,10)/b6-4-,21-9+;. The minimum absolute atomic E-state index is 0.182. The van der Waals surface area contributed by atoms with Crippen molar-refractivity contribution in [2.24, 2.45) is 22.7 Å². The Balaban J connectivity index is 0.000000607. The van der Waals surface area contributed by atoms with Crippen LogP contribution < -0.4 is 15.4 Å². The molecule has 2 unspecified atom stereocenters. The minimum atomic E-state index is -0.898. The molecule has 45 heavy (non-hydrogen) atoms. The number of hydrogen-bond acceptors (Lipinski definition) is 5. The summed E-state index contributed by atoms with van der Waals surface area (Å²) in [7, 11) is 0. The molecule has 2 aromatic carbocycles. The van der Waals surface area contributed by atoms with Gasteiger partial charge in [0.2, 0.25) is 5.91 Å². The average molecular weight is 617 g/mol. The molecule has 3 rings (SSSR count). The molecule has 0 spiro atoms. The van der Waals surface area contributed by atoms with Crippen molar-refractivity contribution in [1.29, 1.82) is 0 Å². The zero-order valence-corrected chi connectivity index (χ0v) is 27.4. The van der Waals surface area contributed by atoms with Crippen LogP contribution in [0.4, 0.5) is 11.4 Å². The Morgan fingerprint density at radius 3 is 1.73 bits per heavy atom. The van der Waals surface area contributed by atoms with Crippen LogP contribution in [0.1, 0.15) is 67.2 Å². The van der Waals surface area contributed by atoms with Gasteiger partial charge in [0.15, 0.2) is 0 Å². The first-order valence-electron chi connectivity index (χ1n) is 15.2. The highest BCUT2D eigenvalue weighted by Crippen LogP contribution is 2.37. The molecule has 4 N–H and O–H groups in total. The Kier molecular flexibility index (Phi) is 13.4. The number of nitrogens with one attached hydrogen (secondary N) is 2. The quantitative estimate of drug-likeness (QED) is 0.186. The van der Waals surface area contributed by atoms with Crippen molar-refractivity contribution >= 4 is 29.2 Å². The largest absolute Gasteiger partial charge is 0.481 e. The van der Waals surface area contributed by atoms with E-state index >= 15 is 0 Å². The second-order valence-electron chi connectivity index (χ2n) is 12.6. The van der Waals surface area contributed by atoms with Gasteiger partial charge in [0, 0.05) is 17.1 Å². The number of ether oxygens (including phenoxy) is 1. The SMILES string of the molecule is C=C/C(=C\C=C/C)C(=C)Nc1ccc(Oc2ccc(NC(=O)C3CCCCC3C(=O)O)cc2)cc1.CC(C)(C)C(C)(C)C(=O)O. The second-order valence-corrected chi connectivity index (χ2v) is 12.6. The smallest absolute Gasteiger partial charge is 0.309 e. The van der Waals surface area contributed by atoms with Crippen LogP contribution in [0.5, 0.6) is 11.5 Å². The summed E-state index contributed by atoms with van der Waals surface area (Å²) in [6.45, 7) is 19.1. The Morgan fingerprint density at radius 1 is 0.844 bits per heavy atom. The second kappa shape index (κ2) is 16.5. The van der Waals surface area contributed by atoms with Gasteiger partial charge in [0.05, 0.1) is 17.3 Å². The fourth-order valence-corrected chi connectivity index (χ4v) is 4.38. The number of aliphatic carboxylic acids is 2. The highest BCUT2D eigenvalue weighted by atomic mass is 16.5. The molecule has 1 aliphatic rings. The minimum Gasteiger partial charge on any atom is -0.481 e. The van der Waals surface area contributed by atoms with Gasteiger partial charge in [-0.3, -0.25) is 14.4 Å². The third-order valence-electron chi connectivity index (χ3n) is 8.37. The summed E-state index contributed by atoms with van der Waals surface area (Å²) in [5.74, 6) is -1.70. The molecule has 2 aromatic rings. The van der Waals surface area contributed by atoms with Gasteiger partial charge in [-0.1, -0.05) is 71.1 Å². The molecule has 1 saturated carbocycles. The van der Waals surface area contributed by atoms with Crippen LogP contribution in [-0.4, -0.2) is 28.1 Å². The summed E-state index contributed by atoms with van der Waals surface area (Å²) in [6.07, 6.45) is 10.4. The summed E-state index contributed by atoms with van der Waals surface area (Å²) >= 11 is 0. The fraction of sp³-hybridized carbons (Fsp3) is 0.378. The van der Waals surface area contributed by atoms with Gasteiger partial charge < -0.3 is 25.6 Å². The molecule has 1 aliphatic carbocycles. The van der Waals surface area contributed by atoms with Crippen molar-refractivity contribution in [3.8, 4) is 11.5 Å². The number of carboxylic acids is 2. The lowest BCUT2D eigenvalue weighted by molar-refractivity contribution is -0.153. The van der Waals surface area contributed by atoms with E-state index in [0.717, 1.165) is 29.8 Å². The fourth-order valence-electron chi connectivity index (χ4n) is 4.38. The van der Waals surface area contributed by atoms with E-state index in [1.807, 2.05) is 70.2 Å². The van der Waals surface area contributed by atoms with Crippen LogP contribution in [0.3, 0.4) is 0 Å². The van der Waals surface area contributed by atoms with E-state index in [0.29, 0.717) is 30.0 Å². The van der Waals surface area contributed by atoms with Crippen LogP contribution in [0.2, 0.25) is 0 Å². The van der Waals surface area contributed by atoms with E-state index in [-0.39, 0.29) is 11.3 Å². The number of carboxylic acid groups (broad SMARTS) is 2. The van der Waals surface area contributed by atoms with Crippen molar-refractivity contribution in [1.82, 2.24) is 0 Å². The topological polar surface area (TPSA) is 125 Å². The van der Waals surface area contributed by atoms with Crippen molar-refractivity contribution in [3.63, 3.8) is 0 Å². The molecular formula is C37H48N2O6. The molecule has 242 valence electrons. The molecule has 0 radical (unpaired) electrons. The Labute approximate surface area is 267 Å². The molecule has 1 fully saturated rings. The van der Waals surface area contributed by atoms with Gasteiger partial charge in [-0.25, -0.2) is 0 Å². The molecule has 0 aromatic heterocycles. The molecule has 0 bridgehead atoms. The Morgan fingerprint density at radius 2 is 1.33 bits per heavy atom. The van der Waals surface area contributed by atoms with Crippen LogP contribution in [0.25, 0.3) is 0 Å². The normalized spacial score (nSPS) is 17.0. The first kappa shape index (κ1) is 36.6. The summed E-state index contributed by atoms with van der Waals surface area (Å²) in [5.41, 5.74) is 2.30. The predicted molar refractivity (Wildman–Crippen MR) is 181 cm³/mol. The Hall–Kier alpha value is -4.59. The van der Waals surface area contributed by atoms with E-state index in [1.54, 1.807) is 44.2 Å². The van der Waals surface area contributed by atoms with Gasteiger partial charge in [0.25, 0.3) is 0 Å². The van der Waals surface area contributed by atoms with E-state index < -0.39 is 29.2 Å². The number of carbonyl (C=O) groups excluding carboxylic acids is 1. The van der Waals surface area contributed by atoms with Crippen molar-refractivity contribution in [2.75, 3.05) is 10.6 Å². The van der Waals surface area contributed by atoms with Crippen LogP contribution in [0, 0.1) is 22.7 Å². The average Bonchev–Trinajstić information content (AvgIpc) is 2.99. The van der Waals surface area contributed by atoms with Gasteiger partial charge in [-0.15, -0.1) is 0 Å². The zero-order valence-electron chi connectivity index (χ0n) is 27.4. The van der Waals surface area contributed by atoms with Crippen LogP contribution >= 0.6 is 0 Å². The lowest BCUT2D eigenvalue weighted by atomic mass is 9.69. The van der Waals surface area contributed by atoms with Gasteiger partial charge in [-0.2, -0.15) is 0 Å². The first-order chi connectivity index (χ1) is 21.1. The van der Waals surface area contributed by atoms with E-state index in [1.165, 1.54) is 0 Å². The molecular weight excluding hydrogens is 568 g/mol. The van der Waals surface area contributed by atoms with E-state index in [4.69, 9.17) is 9.84 Å². The first-order valence-corrected chi connectivity index (χ1v) is 15.2. The molecule has 0 heterocycles. The Bertz CT molecular complexity index is 1400. The van der Waals surface area contributed by atoms with Gasteiger partial charge >= 0.3 is 11.9 Å². The van der Waals surface area contributed by atoms with E-state index in [9.17, 15) is 19.5 Å². The predicted octanol–water partition coefficient (Wildman–Crippen LogP) is 9.07. The van der Waals surface area contributed by atoms with E-state index in [2.05, 4.69) is 23.8 Å². The van der Waals surface area contributed by atoms with Gasteiger partial charge in [0.1, 0.15) is 11.5 Å². The number of benzene rings is 2. The molecule has 8 heteroatoms. The summed E-state index contributed by atoms with van der Waals surface area (Å²) in [6, 6.07) is 14.5. The molecule has 0 aliphatic heterocycles. The maximum absolute atomic E-state index is 12.6. The number of carbonyl (C=O) groups is 3. The van der Waals surface area contributed by atoms with Crippen LogP contribution in [-0.2, 0) is 14.4 Å². The maximum Gasteiger partial charge on any atom is 0.309 e. The molecule has 8 nitrogen and oxygen atoms in total. The summed E-state index contributed by atoms with van der Waals surface area (Å²) in [5, 5.41) is 24.3. The number of hydrogen-bond donors (Lipinski definition) is 4.